The summed E-state index contributed by atoms with van der Waals surface area (Å²) < 4.78 is 13.0. The second kappa shape index (κ2) is 2.27. The van der Waals surface area contributed by atoms with E-state index in [1.807, 2.05) is 0 Å². The molecule has 0 unspecified atom stereocenters. The van der Waals surface area contributed by atoms with Gasteiger partial charge in [0.15, 0.2) is 5.67 Å². The fraction of sp³-hybridized carbons (Fsp3) is 0.778. The third kappa shape index (κ3) is 1.16. The van der Waals surface area contributed by atoms with E-state index >= 15 is 0 Å². The van der Waals surface area contributed by atoms with E-state index in [2.05, 4.69) is 19.8 Å². The zero-order valence-electron chi connectivity index (χ0n) is 6.52. The molecule has 1 heteroatoms. The van der Waals surface area contributed by atoms with Crippen LogP contribution in [-0.2, 0) is 0 Å². The van der Waals surface area contributed by atoms with E-state index < -0.39 is 5.67 Å². The largest absolute Gasteiger partial charge is 0.230 e. The minimum atomic E-state index is -1.26. The van der Waals surface area contributed by atoms with Crippen LogP contribution in [0.15, 0.2) is 0 Å². The van der Waals surface area contributed by atoms with Crippen LogP contribution < -0.4 is 0 Å². The summed E-state index contributed by atoms with van der Waals surface area (Å²) in [7, 11) is 0. The fourth-order valence-corrected chi connectivity index (χ4v) is 1.36. The Morgan fingerprint density at radius 1 is 1.60 bits per heavy atom. The van der Waals surface area contributed by atoms with Crippen molar-refractivity contribution >= 4 is 0 Å². The molecule has 0 aliphatic heterocycles. The molecule has 0 spiro atoms. The van der Waals surface area contributed by atoms with Gasteiger partial charge in [0.1, 0.15) is 0 Å². The van der Waals surface area contributed by atoms with Crippen molar-refractivity contribution in [2.45, 2.75) is 32.4 Å². The number of halogens is 1. The zero-order valence-corrected chi connectivity index (χ0v) is 6.52. The minimum absolute atomic E-state index is 0.515. The van der Waals surface area contributed by atoms with Gasteiger partial charge in [-0.2, -0.15) is 0 Å². The number of terminal acetylenes is 1. The van der Waals surface area contributed by atoms with Crippen LogP contribution in [0.3, 0.4) is 0 Å². The molecule has 0 radical (unpaired) electrons. The first-order valence-corrected chi connectivity index (χ1v) is 3.74. The first-order valence-electron chi connectivity index (χ1n) is 3.74. The lowest BCUT2D eigenvalue weighted by Crippen LogP contribution is -2.40. The second-order valence-electron chi connectivity index (χ2n) is 3.52. The summed E-state index contributed by atoms with van der Waals surface area (Å²) in [6, 6.07) is 0. The van der Waals surface area contributed by atoms with Crippen LogP contribution in [0.25, 0.3) is 0 Å². The summed E-state index contributed by atoms with van der Waals surface area (Å²) >= 11 is 0. The van der Waals surface area contributed by atoms with Gasteiger partial charge in [0.05, 0.1) is 0 Å². The highest BCUT2D eigenvalue weighted by Gasteiger charge is 2.44. The van der Waals surface area contributed by atoms with Crippen molar-refractivity contribution in [3.05, 3.63) is 0 Å². The molecule has 0 aromatic heterocycles. The molecule has 0 N–H and O–H groups in total. The first-order chi connectivity index (χ1) is 4.57. The van der Waals surface area contributed by atoms with Gasteiger partial charge in [-0.1, -0.05) is 19.8 Å². The van der Waals surface area contributed by atoms with Crippen LogP contribution in [0.1, 0.15) is 26.7 Å². The average molecular weight is 140 g/mol. The minimum Gasteiger partial charge on any atom is -0.230 e. The van der Waals surface area contributed by atoms with Crippen LogP contribution in [0, 0.1) is 24.2 Å². The molecule has 0 heterocycles. The molecule has 0 atom stereocenters. The van der Waals surface area contributed by atoms with Gasteiger partial charge in [-0.15, -0.1) is 6.42 Å². The highest BCUT2D eigenvalue weighted by Crippen LogP contribution is 2.44. The molecule has 1 saturated carbocycles. The SMILES string of the molecule is C#CC1(F)CC(C(C)C)C1. The summed E-state index contributed by atoms with van der Waals surface area (Å²) in [6.45, 7) is 4.22. The summed E-state index contributed by atoms with van der Waals surface area (Å²) in [5, 5.41) is 0. The second-order valence-corrected chi connectivity index (χ2v) is 3.52. The first kappa shape index (κ1) is 7.60. The maximum Gasteiger partial charge on any atom is 0.171 e. The van der Waals surface area contributed by atoms with Gasteiger partial charge in [-0.25, -0.2) is 4.39 Å². The normalized spacial score (nSPS) is 38.9. The summed E-state index contributed by atoms with van der Waals surface area (Å²) in [5.41, 5.74) is -1.26. The molecule has 0 saturated heterocycles. The van der Waals surface area contributed by atoms with E-state index in [0.29, 0.717) is 24.7 Å². The lowest BCUT2D eigenvalue weighted by atomic mass is 9.68. The van der Waals surface area contributed by atoms with E-state index in [4.69, 9.17) is 6.42 Å². The molecule has 1 aliphatic carbocycles. The quantitative estimate of drug-likeness (QED) is 0.490. The molecule has 1 rings (SSSR count). The lowest BCUT2D eigenvalue weighted by molar-refractivity contribution is 0.0370. The number of rotatable bonds is 1. The standard InChI is InChI=1S/C9H13F/c1-4-9(10)5-8(6-9)7(2)3/h1,7-8H,5-6H2,2-3H3. The lowest BCUT2D eigenvalue weighted by Gasteiger charge is -2.39. The molecule has 0 aromatic rings. The highest BCUT2D eigenvalue weighted by atomic mass is 19.1. The summed E-state index contributed by atoms with van der Waals surface area (Å²) in [4.78, 5) is 0. The average Bonchev–Trinajstić information content (AvgIpc) is 1.80. The molecule has 0 bridgehead atoms. The van der Waals surface area contributed by atoms with Crippen LogP contribution in [0.4, 0.5) is 4.39 Å². The Morgan fingerprint density at radius 2 is 2.10 bits per heavy atom. The van der Waals surface area contributed by atoms with Crippen molar-refractivity contribution in [2.75, 3.05) is 0 Å². The molecular formula is C9H13F. The molecule has 1 aliphatic rings. The van der Waals surface area contributed by atoms with Gasteiger partial charge in [-0.05, 0) is 24.7 Å². The molecular weight excluding hydrogens is 127 g/mol. The van der Waals surface area contributed by atoms with Crippen molar-refractivity contribution in [1.82, 2.24) is 0 Å². The smallest absolute Gasteiger partial charge is 0.171 e. The van der Waals surface area contributed by atoms with Crippen molar-refractivity contribution in [3.8, 4) is 12.3 Å². The maximum absolute atomic E-state index is 13.0. The fourth-order valence-electron chi connectivity index (χ4n) is 1.36. The Balaban J connectivity index is 2.38. The van der Waals surface area contributed by atoms with Crippen molar-refractivity contribution in [3.63, 3.8) is 0 Å². The van der Waals surface area contributed by atoms with Gasteiger partial charge in [0, 0.05) is 0 Å². The Labute approximate surface area is 61.8 Å². The molecule has 0 aromatic carbocycles. The van der Waals surface area contributed by atoms with E-state index in [-0.39, 0.29) is 0 Å². The van der Waals surface area contributed by atoms with Gasteiger partial charge in [0.2, 0.25) is 0 Å². The molecule has 1 fully saturated rings. The van der Waals surface area contributed by atoms with Gasteiger partial charge >= 0.3 is 0 Å². The highest BCUT2D eigenvalue weighted by molar-refractivity contribution is 5.15. The Morgan fingerprint density at radius 3 is 2.40 bits per heavy atom. The third-order valence-corrected chi connectivity index (χ3v) is 2.37. The van der Waals surface area contributed by atoms with Crippen molar-refractivity contribution in [2.24, 2.45) is 11.8 Å². The van der Waals surface area contributed by atoms with Crippen LogP contribution >= 0.6 is 0 Å². The molecule has 0 nitrogen and oxygen atoms in total. The molecule has 10 heavy (non-hydrogen) atoms. The Kier molecular flexibility index (Phi) is 1.72. The predicted molar refractivity (Wildman–Crippen MR) is 40.2 cm³/mol. The van der Waals surface area contributed by atoms with Crippen LogP contribution in [0.5, 0.6) is 0 Å². The van der Waals surface area contributed by atoms with Crippen molar-refractivity contribution < 1.29 is 4.39 Å². The van der Waals surface area contributed by atoms with Crippen molar-refractivity contribution in [1.29, 1.82) is 0 Å². The predicted octanol–water partition coefficient (Wildman–Crippen LogP) is 2.39. The number of alkyl halides is 1. The molecule has 56 valence electrons. The zero-order chi connectivity index (χ0) is 7.78. The Bertz CT molecular complexity index is 158. The van der Waals surface area contributed by atoms with E-state index in [1.165, 1.54) is 0 Å². The Hall–Kier alpha value is -0.510. The van der Waals surface area contributed by atoms with E-state index in [9.17, 15) is 4.39 Å². The van der Waals surface area contributed by atoms with Gasteiger partial charge in [0.25, 0.3) is 0 Å². The summed E-state index contributed by atoms with van der Waals surface area (Å²) in [6.07, 6.45) is 6.15. The number of hydrogen-bond acceptors (Lipinski definition) is 0. The number of hydrogen-bond donors (Lipinski definition) is 0. The molecule has 0 amide bonds. The van der Waals surface area contributed by atoms with Gasteiger partial charge in [-0.3, -0.25) is 0 Å². The van der Waals surface area contributed by atoms with Crippen LogP contribution in [0.2, 0.25) is 0 Å². The maximum atomic E-state index is 13.0. The monoisotopic (exact) mass is 140 g/mol. The van der Waals surface area contributed by atoms with E-state index in [0.717, 1.165) is 0 Å². The van der Waals surface area contributed by atoms with Crippen LogP contribution in [-0.4, -0.2) is 5.67 Å². The topological polar surface area (TPSA) is 0 Å². The third-order valence-electron chi connectivity index (χ3n) is 2.37. The van der Waals surface area contributed by atoms with Gasteiger partial charge < -0.3 is 0 Å². The van der Waals surface area contributed by atoms with E-state index in [1.54, 1.807) is 0 Å². The summed E-state index contributed by atoms with van der Waals surface area (Å²) in [5.74, 6) is 3.29.